The second kappa shape index (κ2) is 7.20. The van der Waals surface area contributed by atoms with Gasteiger partial charge in [-0.1, -0.05) is 17.3 Å². The summed E-state index contributed by atoms with van der Waals surface area (Å²) in [6.07, 6.45) is 0. The summed E-state index contributed by atoms with van der Waals surface area (Å²) in [5, 5.41) is 16.3. The number of pyridine rings is 1. The summed E-state index contributed by atoms with van der Waals surface area (Å²) in [6.45, 7) is 10.1. The molecule has 1 fully saturated rings. The van der Waals surface area contributed by atoms with E-state index >= 15 is 0 Å². The van der Waals surface area contributed by atoms with Crippen molar-refractivity contribution >= 4 is 22.3 Å². The van der Waals surface area contributed by atoms with Gasteiger partial charge in [-0.3, -0.25) is 15.0 Å². The van der Waals surface area contributed by atoms with Crippen molar-refractivity contribution in [3.63, 3.8) is 0 Å². The van der Waals surface area contributed by atoms with Crippen LogP contribution in [0.25, 0.3) is 10.9 Å². The number of para-hydroxylation sites is 1. The van der Waals surface area contributed by atoms with Crippen molar-refractivity contribution in [1.29, 1.82) is 0 Å². The van der Waals surface area contributed by atoms with Crippen molar-refractivity contribution in [2.24, 2.45) is 0 Å². The van der Waals surface area contributed by atoms with Gasteiger partial charge in [0.25, 0.3) is 5.69 Å². The average Bonchev–Trinajstić information content (AvgIpc) is 2.99. The van der Waals surface area contributed by atoms with Crippen LogP contribution in [0.15, 0.2) is 28.8 Å². The maximum absolute atomic E-state index is 11.4. The molecule has 0 radical (unpaired) electrons. The van der Waals surface area contributed by atoms with Crippen LogP contribution in [0.2, 0.25) is 0 Å². The molecule has 4 rings (SSSR count). The predicted molar refractivity (Wildman–Crippen MR) is 107 cm³/mol. The first kappa shape index (κ1) is 18.4. The van der Waals surface area contributed by atoms with Gasteiger partial charge in [-0.25, -0.2) is 4.98 Å². The molecule has 2 aromatic heterocycles. The van der Waals surface area contributed by atoms with E-state index in [0.29, 0.717) is 5.52 Å². The summed E-state index contributed by atoms with van der Waals surface area (Å²) in [5.74, 6) is 0.878. The Morgan fingerprint density at radius 1 is 1.18 bits per heavy atom. The molecule has 1 aliphatic heterocycles. The molecule has 8 heteroatoms. The van der Waals surface area contributed by atoms with Crippen LogP contribution in [0.4, 0.5) is 11.4 Å². The number of nitrogens with zero attached hydrogens (tertiary/aromatic N) is 5. The SMILES string of the molecule is Cc1cc(N2CCN(Cc3c(C)noc3C)CC2)c2cccc([N+](=O)[O-])c2n1. The van der Waals surface area contributed by atoms with Gasteiger partial charge < -0.3 is 9.42 Å². The van der Waals surface area contributed by atoms with E-state index in [2.05, 4.69) is 19.9 Å². The highest BCUT2D eigenvalue weighted by molar-refractivity contribution is 5.97. The lowest BCUT2D eigenvalue weighted by atomic mass is 10.1. The number of aromatic nitrogens is 2. The monoisotopic (exact) mass is 381 g/mol. The number of anilines is 1. The van der Waals surface area contributed by atoms with Crippen LogP contribution >= 0.6 is 0 Å². The van der Waals surface area contributed by atoms with Crippen molar-refractivity contribution < 1.29 is 9.45 Å². The Labute approximate surface area is 162 Å². The minimum absolute atomic E-state index is 0.0551. The zero-order valence-electron chi connectivity index (χ0n) is 16.3. The van der Waals surface area contributed by atoms with Crippen LogP contribution in [0.5, 0.6) is 0 Å². The maximum Gasteiger partial charge on any atom is 0.295 e. The highest BCUT2D eigenvalue weighted by Crippen LogP contribution is 2.32. The second-order valence-electron chi connectivity index (χ2n) is 7.28. The quantitative estimate of drug-likeness (QED) is 0.505. The highest BCUT2D eigenvalue weighted by Gasteiger charge is 2.23. The predicted octanol–water partition coefficient (Wildman–Crippen LogP) is 3.38. The minimum Gasteiger partial charge on any atom is -0.368 e. The Morgan fingerprint density at radius 2 is 1.93 bits per heavy atom. The van der Waals surface area contributed by atoms with Gasteiger partial charge in [0.1, 0.15) is 5.76 Å². The first-order chi connectivity index (χ1) is 13.4. The lowest BCUT2D eigenvalue weighted by Gasteiger charge is -2.36. The van der Waals surface area contributed by atoms with Crippen LogP contribution in [0, 0.1) is 30.9 Å². The molecule has 1 saturated heterocycles. The zero-order valence-corrected chi connectivity index (χ0v) is 16.3. The standard InChI is InChI=1S/C20H23N5O3/c1-13-11-19(16-5-4-6-18(25(26)27)20(16)21-13)24-9-7-23(8-10-24)12-17-14(2)22-28-15(17)3/h4-6,11H,7-10,12H2,1-3H3. The van der Waals surface area contributed by atoms with Gasteiger partial charge in [0.2, 0.25) is 0 Å². The van der Waals surface area contributed by atoms with Gasteiger partial charge in [-0.15, -0.1) is 0 Å². The number of hydrogen-bond acceptors (Lipinski definition) is 7. The summed E-state index contributed by atoms with van der Waals surface area (Å²) < 4.78 is 5.27. The lowest BCUT2D eigenvalue weighted by Crippen LogP contribution is -2.46. The Bertz CT molecular complexity index is 1020. The van der Waals surface area contributed by atoms with Gasteiger partial charge in [-0.2, -0.15) is 0 Å². The van der Waals surface area contributed by atoms with Gasteiger partial charge in [0.15, 0.2) is 5.52 Å². The first-order valence-corrected chi connectivity index (χ1v) is 9.38. The summed E-state index contributed by atoms with van der Waals surface area (Å²) in [7, 11) is 0. The largest absolute Gasteiger partial charge is 0.368 e. The Balaban J connectivity index is 1.57. The van der Waals surface area contributed by atoms with E-state index in [1.165, 1.54) is 6.07 Å². The van der Waals surface area contributed by atoms with Crippen LogP contribution in [-0.2, 0) is 6.54 Å². The Hall–Kier alpha value is -3.00. The topological polar surface area (TPSA) is 88.5 Å². The van der Waals surface area contributed by atoms with E-state index in [9.17, 15) is 10.1 Å². The molecule has 0 unspecified atom stereocenters. The third kappa shape index (κ3) is 3.31. The number of nitro benzene ring substituents is 1. The fraction of sp³-hybridized carbons (Fsp3) is 0.400. The molecular weight excluding hydrogens is 358 g/mol. The second-order valence-corrected chi connectivity index (χ2v) is 7.28. The smallest absolute Gasteiger partial charge is 0.295 e. The molecule has 8 nitrogen and oxygen atoms in total. The van der Waals surface area contributed by atoms with Crippen molar-refractivity contribution in [2.75, 3.05) is 31.1 Å². The molecule has 146 valence electrons. The normalized spacial score (nSPS) is 15.3. The van der Waals surface area contributed by atoms with Crippen LogP contribution in [0.3, 0.4) is 0 Å². The molecule has 0 aliphatic carbocycles. The van der Waals surface area contributed by atoms with E-state index in [1.54, 1.807) is 6.07 Å². The average molecular weight is 381 g/mol. The fourth-order valence-electron chi connectivity index (χ4n) is 3.85. The van der Waals surface area contributed by atoms with Crippen molar-refractivity contribution in [3.05, 3.63) is 57.1 Å². The van der Waals surface area contributed by atoms with E-state index in [1.807, 2.05) is 32.9 Å². The summed E-state index contributed by atoms with van der Waals surface area (Å²) >= 11 is 0. The van der Waals surface area contributed by atoms with Crippen LogP contribution in [0.1, 0.15) is 22.7 Å². The maximum atomic E-state index is 11.4. The summed E-state index contributed by atoms with van der Waals surface area (Å²) in [5.41, 5.74) is 4.43. The molecule has 3 aromatic rings. The van der Waals surface area contributed by atoms with Crippen molar-refractivity contribution in [1.82, 2.24) is 15.0 Å². The number of rotatable bonds is 4. The fourth-order valence-corrected chi connectivity index (χ4v) is 3.85. The molecule has 28 heavy (non-hydrogen) atoms. The van der Waals surface area contributed by atoms with Gasteiger partial charge in [0, 0.05) is 61.1 Å². The highest BCUT2D eigenvalue weighted by atomic mass is 16.6. The molecule has 0 atom stereocenters. The molecule has 0 amide bonds. The third-order valence-corrected chi connectivity index (χ3v) is 5.40. The molecule has 1 aromatic carbocycles. The van der Waals surface area contributed by atoms with E-state index in [-0.39, 0.29) is 10.6 Å². The van der Waals surface area contributed by atoms with Crippen molar-refractivity contribution in [2.45, 2.75) is 27.3 Å². The van der Waals surface area contributed by atoms with Gasteiger partial charge in [-0.05, 0) is 26.8 Å². The molecule has 3 heterocycles. The van der Waals surface area contributed by atoms with E-state index in [4.69, 9.17) is 4.52 Å². The molecule has 1 aliphatic rings. The Morgan fingerprint density at radius 3 is 2.57 bits per heavy atom. The number of non-ortho nitro benzene ring substituents is 1. The number of hydrogen-bond donors (Lipinski definition) is 0. The lowest BCUT2D eigenvalue weighted by molar-refractivity contribution is -0.383. The first-order valence-electron chi connectivity index (χ1n) is 9.38. The molecule has 0 saturated carbocycles. The number of benzene rings is 1. The molecular formula is C20H23N5O3. The summed E-state index contributed by atoms with van der Waals surface area (Å²) in [4.78, 5) is 20.2. The van der Waals surface area contributed by atoms with Gasteiger partial charge in [0.05, 0.1) is 10.6 Å². The zero-order chi connectivity index (χ0) is 19.8. The molecule has 0 N–H and O–H groups in total. The summed E-state index contributed by atoms with van der Waals surface area (Å²) in [6, 6.07) is 7.19. The van der Waals surface area contributed by atoms with Crippen molar-refractivity contribution in [3.8, 4) is 0 Å². The van der Waals surface area contributed by atoms with E-state index < -0.39 is 0 Å². The molecule has 0 spiro atoms. The van der Waals surface area contributed by atoms with E-state index in [0.717, 1.165) is 66.5 Å². The van der Waals surface area contributed by atoms with Crippen LogP contribution < -0.4 is 4.90 Å². The van der Waals surface area contributed by atoms with Gasteiger partial charge >= 0.3 is 0 Å². The minimum atomic E-state index is -0.361. The number of nitro groups is 1. The Kier molecular flexibility index (Phi) is 4.72. The number of piperazine rings is 1. The molecule has 0 bridgehead atoms. The number of fused-ring (bicyclic) bond motifs is 1. The third-order valence-electron chi connectivity index (χ3n) is 5.40. The van der Waals surface area contributed by atoms with Crippen LogP contribution in [-0.4, -0.2) is 46.1 Å². The number of aryl methyl sites for hydroxylation is 3.